The molecular formula is C15H9ClN4O2. The number of rotatable bonds is 1. The molecule has 0 aromatic carbocycles. The number of aromatic nitrogens is 3. The van der Waals surface area contributed by atoms with Crippen LogP contribution in [0.15, 0.2) is 36.8 Å². The molecule has 3 heterocycles. The topological polar surface area (TPSA) is 68.7 Å². The molecular weight excluding hydrogens is 304 g/mol. The molecule has 0 unspecified atom stereocenters. The Morgan fingerprint density at radius 1 is 1.27 bits per heavy atom. The molecule has 0 amide bonds. The third-order valence-corrected chi connectivity index (χ3v) is 3.29. The molecule has 0 aliphatic heterocycles. The van der Waals surface area contributed by atoms with Crippen LogP contribution in [0.3, 0.4) is 0 Å². The van der Waals surface area contributed by atoms with Crippen LogP contribution in [0.4, 0.5) is 5.82 Å². The molecule has 6 nitrogen and oxygen atoms in total. The minimum Gasteiger partial charge on any atom is -0.362 e. The maximum atomic E-state index is 8.12. The maximum absolute atomic E-state index is 8.12. The highest BCUT2D eigenvalue weighted by Gasteiger charge is 2.12. The van der Waals surface area contributed by atoms with E-state index in [1.54, 1.807) is 16.8 Å². The normalized spacial score (nSPS) is 9.50. The van der Waals surface area contributed by atoms with E-state index < -0.39 is 0 Å². The lowest BCUT2D eigenvalue weighted by Gasteiger charge is -2.07. The Balaban J connectivity index is 0.000000545. The number of halogens is 1. The monoisotopic (exact) mass is 312 g/mol. The van der Waals surface area contributed by atoms with Crippen molar-refractivity contribution < 1.29 is 9.59 Å². The van der Waals surface area contributed by atoms with E-state index in [-0.39, 0.29) is 6.15 Å². The first-order valence-corrected chi connectivity index (χ1v) is 6.45. The van der Waals surface area contributed by atoms with Gasteiger partial charge in [-0.3, -0.25) is 0 Å². The number of fused-ring (bicyclic) bond motifs is 1. The summed E-state index contributed by atoms with van der Waals surface area (Å²) in [5.41, 5.74) is 3.60. The molecule has 3 rings (SSSR count). The van der Waals surface area contributed by atoms with Gasteiger partial charge in [-0.2, -0.15) is 9.59 Å². The predicted octanol–water partition coefficient (Wildman–Crippen LogP) is 3.33. The highest BCUT2D eigenvalue weighted by molar-refractivity contribution is 6.32. The first kappa shape index (κ1) is 15.4. The average molecular weight is 313 g/mol. The summed E-state index contributed by atoms with van der Waals surface area (Å²) in [6, 6.07) is 5.72. The lowest BCUT2D eigenvalue weighted by Crippen LogP contribution is -1.91. The minimum absolute atomic E-state index is 0.250. The molecule has 0 atom stereocenters. The Labute approximate surface area is 130 Å². The molecule has 7 heteroatoms. The number of aryl methyl sites for hydroxylation is 1. The van der Waals surface area contributed by atoms with E-state index in [1.165, 1.54) is 0 Å². The molecule has 3 aromatic rings. The number of hydrogen-bond donors (Lipinski definition) is 0. The standard InChI is InChI=1S/C14H9ClN4.CO2/c1-9-5-6-17-14(15)13(9)10-3-4-11-18-7-12(16-2)19(11)8-10;2-1-3/h3-8H,1H3;. The molecule has 108 valence electrons. The van der Waals surface area contributed by atoms with Crippen LogP contribution in [0.1, 0.15) is 5.56 Å². The lowest BCUT2D eigenvalue weighted by atomic mass is 10.1. The summed E-state index contributed by atoms with van der Waals surface area (Å²) in [4.78, 5) is 28.0. The van der Waals surface area contributed by atoms with E-state index in [0.29, 0.717) is 11.0 Å². The molecule has 0 aliphatic carbocycles. The van der Waals surface area contributed by atoms with Crippen molar-refractivity contribution in [3.05, 3.63) is 58.9 Å². The summed E-state index contributed by atoms with van der Waals surface area (Å²) < 4.78 is 1.76. The Bertz CT molecular complexity index is 885. The van der Waals surface area contributed by atoms with Crippen LogP contribution in [0.25, 0.3) is 21.6 Å². The summed E-state index contributed by atoms with van der Waals surface area (Å²) in [5, 5.41) is 0.462. The van der Waals surface area contributed by atoms with Crippen LogP contribution in [0, 0.1) is 13.5 Å². The van der Waals surface area contributed by atoms with E-state index in [1.807, 2.05) is 31.3 Å². The Hall–Kier alpha value is -3.00. The fraction of sp³-hybridized carbons (Fsp3) is 0.0667. The molecule has 0 N–H and O–H groups in total. The van der Waals surface area contributed by atoms with Crippen molar-refractivity contribution >= 4 is 29.2 Å². The van der Waals surface area contributed by atoms with Crippen molar-refractivity contribution in [2.24, 2.45) is 0 Å². The zero-order chi connectivity index (χ0) is 16.1. The van der Waals surface area contributed by atoms with Gasteiger partial charge in [0.25, 0.3) is 5.82 Å². The van der Waals surface area contributed by atoms with E-state index in [9.17, 15) is 0 Å². The van der Waals surface area contributed by atoms with Crippen LogP contribution >= 0.6 is 11.6 Å². The van der Waals surface area contributed by atoms with Gasteiger partial charge in [0, 0.05) is 23.4 Å². The van der Waals surface area contributed by atoms with Crippen molar-refractivity contribution in [3.8, 4) is 11.1 Å². The summed E-state index contributed by atoms with van der Waals surface area (Å²) in [7, 11) is 0. The molecule has 0 saturated carbocycles. The van der Waals surface area contributed by atoms with Crippen molar-refractivity contribution in [1.82, 2.24) is 14.4 Å². The van der Waals surface area contributed by atoms with E-state index in [0.717, 1.165) is 22.3 Å². The van der Waals surface area contributed by atoms with Gasteiger partial charge < -0.3 is 4.85 Å². The highest BCUT2D eigenvalue weighted by Crippen LogP contribution is 2.30. The second-order valence-electron chi connectivity index (χ2n) is 4.25. The van der Waals surface area contributed by atoms with Crippen molar-refractivity contribution in [3.63, 3.8) is 0 Å². The first-order valence-electron chi connectivity index (χ1n) is 6.07. The van der Waals surface area contributed by atoms with Gasteiger partial charge in [0.1, 0.15) is 5.15 Å². The Morgan fingerprint density at radius 2 is 2.00 bits per heavy atom. The lowest BCUT2D eigenvalue weighted by molar-refractivity contribution is -0.191. The van der Waals surface area contributed by atoms with Crippen LogP contribution in [-0.4, -0.2) is 20.5 Å². The fourth-order valence-electron chi connectivity index (χ4n) is 2.07. The van der Waals surface area contributed by atoms with Crippen molar-refractivity contribution in [2.45, 2.75) is 6.92 Å². The zero-order valence-electron chi connectivity index (χ0n) is 11.4. The number of nitrogens with zero attached hydrogens (tertiary/aromatic N) is 4. The third-order valence-electron chi connectivity index (χ3n) is 3.00. The number of carbonyl (C=O) groups excluding carboxylic acids is 2. The molecule has 0 bridgehead atoms. The quantitative estimate of drug-likeness (QED) is 0.510. The van der Waals surface area contributed by atoms with Crippen LogP contribution in [0.2, 0.25) is 5.15 Å². The Morgan fingerprint density at radius 3 is 2.64 bits per heavy atom. The SMILES string of the molecule is O=C=O.[C-]#[N+]c1cnc2ccc(-c3c(C)ccnc3Cl)cn12. The van der Waals surface area contributed by atoms with E-state index >= 15 is 0 Å². The molecule has 0 aliphatic rings. The van der Waals surface area contributed by atoms with Crippen molar-refractivity contribution in [2.75, 3.05) is 0 Å². The molecule has 0 spiro atoms. The van der Waals surface area contributed by atoms with E-state index in [4.69, 9.17) is 27.8 Å². The maximum Gasteiger partial charge on any atom is 0.373 e. The molecule has 0 radical (unpaired) electrons. The summed E-state index contributed by atoms with van der Waals surface area (Å²) in [6.45, 7) is 9.11. The summed E-state index contributed by atoms with van der Waals surface area (Å²) in [6.07, 6.45) is 5.36. The van der Waals surface area contributed by atoms with Gasteiger partial charge in [-0.05, 0) is 24.6 Å². The molecule has 3 aromatic heterocycles. The second-order valence-corrected chi connectivity index (χ2v) is 4.61. The minimum atomic E-state index is 0.250. The molecule has 22 heavy (non-hydrogen) atoms. The smallest absolute Gasteiger partial charge is 0.362 e. The van der Waals surface area contributed by atoms with Gasteiger partial charge >= 0.3 is 6.15 Å². The second kappa shape index (κ2) is 6.64. The van der Waals surface area contributed by atoms with Crippen LogP contribution < -0.4 is 0 Å². The first-order chi connectivity index (χ1) is 10.6. The zero-order valence-corrected chi connectivity index (χ0v) is 12.2. The van der Waals surface area contributed by atoms with Gasteiger partial charge in [0.05, 0.1) is 12.4 Å². The Kier molecular flexibility index (Phi) is 4.64. The van der Waals surface area contributed by atoms with Crippen LogP contribution in [0.5, 0.6) is 0 Å². The number of hydrogen-bond acceptors (Lipinski definition) is 4. The van der Waals surface area contributed by atoms with Crippen molar-refractivity contribution in [1.29, 1.82) is 0 Å². The van der Waals surface area contributed by atoms with Gasteiger partial charge in [0.2, 0.25) is 5.65 Å². The average Bonchev–Trinajstić information content (AvgIpc) is 2.90. The fourth-order valence-corrected chi connectivity index (χ4v) is 2.38. The highest BCUT2D eigenvalue weighted by atomic mass is 35.5. The van der Waals surface area contributed by atoms with E-state index in [2.05, 4.69) is 14.8 Å². The number of imidazole rings is 1. The predicted molar refractivity (Wildman–Crippen MR) is 79.4 cm³/mol. The molecule has 0 saturated heterocycles. The molecule has 0 fully saturated rings. The van der Waals surface area contributed by atoms with Gasteiger partial charge in [0.15, 0.2) is 0 Å². The van der Waals surface area contributed by atoms with Gasteiger partial charge in [-0.15, -0.1) is 0 Å². The number of pyridine rings is 2. The van der Waals surface area contributed by atoms with Gasteiger partial charge in [-0.1, -0.05) is 18.2 Å². The summed E-state index contributed by atoms with van der Waals surface area (Å²) in [5.74, 6) is 0.481. The third kappa shape index (κ3) is 2.86. The summed E-state index contributed by atoms with van der Waals surface area (Å²) >= 11 is 6.17. The van der Waals surface area contributed by atoms with Gasteiger partial charge in [-0.25, -0.2) is 14.4 Å². The largest absolute Gasteiger partial charge is 0.373 e. The van der Waals surface area contributed by atoms with Crippen LogP contribution in [-0.2, 0) is 9.59 Å².